The van der Waals surface area contributed by atoms with E-state index >= 15 is 0 Å². The third kappa shape index (κ3) is 4.77. The molecule has 2 heterocycles. The molecule has 6 nitrogen and oxygen atoms in total. The minimum Gasteiger partial charge on any atom is -0.406 e. The number of halogens is 5. The second-order valence-corrected chi connectivity index (χ2v) is 7.52. The summed E-state index contributed by atoms with van der Waals surface area (Å²) in [6.07, 6.45) is -3.78. The maximum atomic E-state index is 14.7. The smallest absolute Gasteiger partial charge is 0.406 e. The highest BCUT2D eigenvalue weighted by atomic mass is 19.4. The predicted molar refractivity (Wildman–Crippen MR) is 107 cm³/mol. The van der Waals surface area contributed by atoms with Crippen molar-refractivity contribution in [3.8, 4) is 5.75 Å². The van der Waals surface area contributed by atoms with E-state index in [1.165, 1.54) is 30.6 Å². The van der Waals surface area contributed by atoms with Gasteiger partial charge in [-0.2, -0.15) is 5.10 Å². The summed E-state index contributed by atoms with van der Waals surface area (Å²) >= 11 is 0. The molecule has 2 aromatic carbocycles. The highest BCUT2D eigenvalue weighted by Crippen LogP contribution is 2.40. The number of pyridine rings is 1. The molecule has 0 radical (unpaired) electrons. The van der Waals surface area contributed by atoms with Gasteiger partial charge in [-0.1, -0.05) is 19.1 Å². The fourth-order valence-electron chi connectivity index (χ4n) is 3.70. The van der Waals surface area contributed by atoms with Crippen LogP contribution in [0.2, 0.25) is 0 Å². The van der Waals surface area contributed by atoms with Crippen molar-refractivity contribution in [3.63, 3.8) is 0 Å². The van der Waals surface area contributed by atoms with Crippen LogP contribution in [0.15, 0.2) is 54.9 Å². The average molecular weight is 464 g/mol. The lowest BCUT2D eigenvalue weighted by atomic mass is 9.77. The average Bonchev–Trinajstić information content (AvgIpc) is 3.24. The molecular formula is C22H17F5N4O2. The zero-order valence-corrected chi connectivity index (χ0v) is 17.1. The van der Waals surface area contributed by atoms with E-state index in [1.54, 1.807) is 6.92 Å². The summed E-state index contributed by atoms with van der Waals surface area (Å²) in [5.41, 5.74) is -1.39. The van der Waals surface area contributed by atoms with Gasteiger partial charge in [0.15, 0.2) is 0 Å². The predicted octanol–water partition coefficient (Wildman–Crippen LogP) is 4.76. The van der Waals surface area contributed by atoms with Crippen LogP contribution in [-0.2, 0) is 12.0 Å². The number of aromatic amines is 1. The van der Waals surface area contributed by atoms with Gasteiger partial charge in [0.05, 0.1) is 5.52 Å². The monoisotopic (exact) mass is 464 g/mol. The first-order valence-corrected chi connectivity index (χ1v) is 9.74. The Morgan fingerprint density at radius 3 is 2.52 bits per heavy atom. The molecule has 0 saturated heterocycles. The van der Waals surface area contributed by atoms with Gasteiger partial charge >= 0.3 is 6.36 Å². The Balaban J connectivity index is 1.75. The Kier molecular flexibility index (Phi) is 5.75. The summed E-state index contributed by atoms with van der Waals surface area (Å²) in [6.45, 7) is 1.61. The van der Waals surface area contributed by atoms with Crippen LogP contribution in [0.5, 0.6) is 5.75 Å². The minimum absolute atomic E-state index is 0.163. The van der Waals surface area contributed by atoms with Crippen LogP contribution in [0.1, 0.15) is 29.9 Å². The molecule has 2 unspecified atom stereocenters. The number of ether oxygens (including phenoxy) is 1. The number of fused-ring (bicyclic) bond motifs is 1. The molecule has 0 aliphatic rings. The topological polar surface area (TPSA) is 83.9 Å². The van der Waals surface area contributed by atoms with Gasteiger partial charge in [0.25, 0.3) is 0 Å². The van der Waals surface area contributed by atoms with E-state index in [-0.39, 0.29) is 17.8 Å². The van der Waals surface area contributed by atoms with E-state index in [1.807, 2.05) is 0 Å². The molecule has 172 valence electrons. The molecule has 2 N–H and O–H groups in total. The summed E-state index contributed by atoms with van der Waals surface area (Å²) in [5, 5.41) is 18.4. The summed E-state index contributed by atoms with van der Waals surface area (Å²) in [5.74, 6) is -2.71. The van der Waals surface area contributed by atoms with E-state index in [4.69, 9.17) is 0 Å². The SMILES string of the molecule is CC(c1ccc2cc(OC(F)(F)F)ccc2n1)C(O)(Cc1ncn[nH]1)c1ccc(F)cc1F. The molecule has 4 aromatic rings. The van der Waals surface area contributed by atoms with Gasteiger partial charge in [0.2, 0.25) is 0 Å². The van der Waals surface area contributed by atoms with Crippen molar-refractivity contribution >= 4 is 10.9 Å². The van der Waals surface area contributed by atoms with Crippen LogP contribution in [0.3, 0.4) is 0 Å². The standard InChI is InChI=1S/C22H17F5N4O2/c1-12(18-6-2-13-8-15(33-22(25,26)27)4-7-19(13)30-18)21(32,10-20-28-11-29-31-20)16-5-3-14(23)9-17(16)24/h2-9,11-12,32H,10H2,1H3,(H,28,29,31). The quantitative estimate of drug-likeness (QED) is 0.402. The van der Waals surface area contributed by atoms with Crippen molar-refractivity contribution in [2.24, 2.45) is 0 Å². The molecule has 2 atom stereocenters. The third-order valence-electron chi connectivity index (χ3n) is 5.38. The number of aliphatic hydroxyl groups is 1. The van der Waals surface area contributed by atoms with Gasteiger partial charge in [-0.3, -0.25) is 10.1 Å². The van der Waals surface area contributed by atoms with Crippen LogP contribution >= 0.6 is 0 Å². The van der Waals surface area contributed by atoms with E-state index in [9.17, 15) is 27.1 Å². The van der Waals surface area contributed by atoms with Crippen LogP contribution in [0, 0.1) is 11.6 Å². The van der Waals surface area contributed by atoms with Crippen LogP contribution in [-0.4, -0.2) is 31.6 Å². The molecule has 11 heteroatoms. The highest BCUT2D eigenvalue weighted by molar-refractivity contribution is 5.80. The fourth-order valence-corrected chi connectivity index (χ4v) is 3.70. The summed E-state index contributed by atoms with van der Waals surface area (Å²) in [4.78, 5) is 8.43. The number of aromatic nitrogens is 4. The lowest BCUT2D eigenvalue weighted by Gasteiger charge is -2.34. The van der Waals surface area contributed by atoms with Gasteiger partial charge in [-0.25, -0.2) is 13.8 Å². The maximum Gasteiger partial charge on any atom is 0.573 e. The third-order valence-corrected chi connectivity index (χ3v) is 5.38. The van der Waals surface area contributed by atoms with Gasteiger partial charge in [0.1, 0.15) is 35.1 Å². The largest absolute Gasteiger partial charge is 0.573 e. The first kappa shape index (κ1) is 22.6. The van der Waals surface area contributed by atoms with Gasteiger partial charge in [-0.15, -0.1) is 13.2 Å². The second kappa shape index (κ2) is 8.39. The molecular weight excluding hydrogens is 447 g/mol. The first-order valence-electron chi connectivity index (χ1n) is 9.74. The zero-order chi connectivity index (χ0) is 23.8. The summed E-state index contributed by atoms with van der Waals surface area (Å²) in [6, 6.07) is 9.54. The van der Waals surface area contributed by atoms with E-state index in [2.05, 4.69) is 24.9 Å². The van der Waals surface area contributed by atoms with Crippen LogP contribution in [0.4, 0.5) is 22.0 Å². The molecule has 0 fully saturated rings. The van der Waals surface area contributed by atoms with E-state index in [0.717, 1.165) is 18.2 Å². The lowest BCUT2D eigenvalue weighted by Crippen LogP contribution is -2.36. The number of H-pyrrole nitrogens is 1. The second-order valence-electron chi connectivity index (χ2n) is 7.52. The Morgan fingerprint density at radius 2 is 1.85 bits per heavy atom. The Bertz CT molecular complexity index is 1280. The summed E-state index contributed by atoms with van der Waals surface area (Å²) < 4.78 is 69.6. The number of nitrogens with zero attached hydrogens (tertiary/aromatic N) is 3. The Hall–Kier alpha value is -3.60. The molecule has 0 saturated carbocycles. The maximum absolute atomic E-state index is 14.7. The number of nitrogens with one attached hydrogen (secondary N) is 1. The van der Waals surface area contributed by atoms with E-state index < -0.39 is 35.3 Å². The van der Waals surface area contributed by atoms with Crippen molar-refractivity contribution in [1.82, 2.24) is 20.2 Å². The van der Waals surface area contributed by atoms with Crippen molar-refractivity contribution < 1.29 is 31.8 Å². The number of hydrogen-bond donors (Lipinski definition) is 2. The molecule has 0 amide bonds. The molecule has 0 aliphatic carbocycles. The summed E-state index contributed by atoms with van der Waals surface area (Å²) in [7, 11) is 0. The zero-order valence-electron chi connectivity index (χ0n) is 17.1. The molecule has 33 heavy (non-hydrogen) atoms. The van der Waals surface area contributed by atoms with Crippen LogP contribution < -0.4 is 4.74 Å². The Labute approximate surface area is 184 Å². The van der Waals surface area contributed by atoms with Crippen LogP contribution in [0.25, 0.3) is 10.9 Å². The fraction of sp³-hybridized carbons (Fsp3) is 0.227. The van der Waals surface area contributed by atoms with Crippen molar-refractivity contribution in [2.75, 3.05) is 0 Å². The van der Waals surface area contributed by atoms with Gasteiger partial charge < -0.3 is 9.84 Å². The minimum atomic E-state index is -4.83. The first-order chi connectivity index (χ1) is 15.5. The normalized spacial score (nSPS) is 14.8. The number of alkyl halides is 3. The molecule has 4 rings (SSSR count). The number of benzene rings is 2. The van der Waals surface area contributed by atoms with Gasteiger partial charge in [0, 0.05) is 35.0 Å². The van der Waals surface area contributed by atoms with Gasteiger partial charge in [-0.05, 0) is 30.3 Å². The molecule has 0 aliphatic heterocycles. The molecule has 0 bridgehead atoms. The molecule has 0 spiro atoms. The Morgan fingerprint density at radius 1 is 1.06 bits per heavy atom. The van der Waals surface area contributed by atoms with Crippen molar-refractivity contribution in [2.45, 2.75) is 31.2 Å². The van der Waals surface area contributed by atoms with Crippen molar-refractivity contribution in [3.05, 3.63) is 83.6 Å². The number of rotatable bonds is 6. The highest BCUT2D eigenvalue weighted by Gasteiger charge is 2.41. The molecule has 2 aromatic heterocycles. The van der Waals surface area contributed by atoms with Crippen molar-refractivity contribution in [1.29, 1.82) is 0 Å². The number of hydrogen-bond acceptors (Lipinski definition) is 5. The van der Waals surface area contributed by atoms with E-state index in [0.29, 0.717) is 22.7 Å². The lowest BCUT2D eigenvalue weighted by molar-refractivity contribution is -0.274.